The lowest BCUT2D eigenvalue weighted by Crippen LogP contribution is -2.36. The molecule has 1 N–H and O–H groups in total. The van der Waals surface area contributed by atoms with Crippen LogP contribution in [0.2, 0.25) is 0 Å². The molecule has 1 amide bonds. The fourth-order valence-electron chi connectivity index (χ4n) is 2.21. The predicted octanol–water partition coefficient (Wildman–Crippen LogP) is 2.14. The molecule has 0 atom stereocenters. The molecule has 0 spiro atoms. The fourth-order valence-corrected chi connectivity index (χ4v) is 2.21. The number of aliphatic carboxylic acids is 1. The highest BCUT2D eigenvalue weighted by molar-refractivity contribution is 5.97. The summed E-state index contributed by atoms with van der Waals surface area (Å²) in [5.74, 6) is -1.44. The van der Waals surface area contributed by atoms with E-state index in [1.165, 1.54) is 17.0 Å². The molecule has 0 bridgehead atoms. The summed E-state index contributed by atoms with van der Waals surface area (Å²) in [5.41, 5.74) is 2.01. The molecule has 1 heterocycles. The van der Waals surface area contributed by atoms with Gasteiger partial charge in [0, 0.05) is 24.7 Å². The highest BCUT2D eigenvalue weighted by atomic mass is 19.1. The van der Waals surface area contributed by atoms with E-state index in [0.29, 0.717) is 24.1 Å². The van der Waals surface area contributed by atoms with Gasteiger partial charge < -0.3 is 10.0 Å². The maximum atomic E-state index is 13.2. The Balaban J connectivity index is 2.31. The molecule has 0 saturated heterocycles. The van der Waals surface area contributed by atoms with Crippen LogP contribution in [0.4, 0.5) is 10.1 Å². The molecule has 0 radical (unpaired) electrons. The quantitative estimate of drug-likeness (QED) is 0.850. The Hall–Kier alpha value is -2.17. The topological polar surface area (TPSA) is 57.6 Å². The van der Waals surface area contributed by atoms with Gasteiger partial charge in [0.15, 0.2) is 0 Å². The molecule has 1 aromatic carbocycles. The van der Waals surface area contributed by atoms with E-state index < -0.39 is 5.97 Å². The van der Waals surface area contributed by atoms with Crippen molar-refractivity contribution in [3.63, 3.8) is 0 Å². The van der Waals surface area contributed by atoms with E-state index in [9.17, 15) is 14.0 Å². The van der Waals surface area contributed by atoms with Gasteiger partial charge in [-0.05, 0) is 42.7 Å². The third-order valence-electron chi connectivity index (χ3n) is 3.02. The Morgan fingerprint density at radius 3 is 2.89 bits per heavy atom. The number of anilines is 1. The number of hydrogen-bond acceptors (Lipinski definition) is 2. The van der Waals surface area contributed by atoms with Crippen LogP contribution in [0.25, 0.3) is 0 Å². The minimum atomic E-state index is -1.04. The van der Waals surface area contributed by atoms with Gasteiger partial charge in [-0.3, -0.25) is 4.79 Å². The van der Waals surface area contributed by atoms with Crippen molar-refractivity contribution in [1.82, 2.24) is 0 Å². The minimum Gasteiger partial charge on any atom is -0.478 e. The monoisotopic (exact) mass is 263 g/mol. The molecule has 0 fully saturated rings. The van der Waals surface area contributed by atoms with Gasteiger partial charge in [-0.1, -0.05) is 0 Å². The number of carbonyl (C=O) groups excluding carboxylic acids is 1. The molecule has 0 saturated carbocycles. The Morgan fingerprint density at radius 2 is 2.21 bits per heavy atom. The lowest BCUT2D eigenvalue weighted by atomic mass is 10.0. The van der Waals surface area contributed by atoms with Gasteiger partial charge in [-0.2, -0.15) is 0 Å². The zero-order chi connectivity index (χ0) is 14.0. The fraction of sp³-hybridized carbons (Fsp3) is 0.286. The number of amides is 1. The zero-order valence-corrected chi connectivity index (χ0v) is 10.5. The van der Waals surface area contributed by atoms with Crippen LogP contribution in [0.1, 0.15) is 18.9 Å². The Morgan fingerprint density at radius 1 is 1.47 bits per heavy atom. The molecule has 0 aliphatic carbocycles. The van der Waals surface area contributed by atoms with Crippen molar-refractivity contribution < 1.29 is 19.1 Å². The van der Waals surface area contributed by atoms with Gasteiger partial charge in [0.25, 0.3) is 0 Å². The number of fused-ring (bicyclic) bond motifs is 1. The summed E-state index contributed by atoms with van der Waals surface area (Å²) in [4.78, 5) is 24.0. The third kappa shape index (κ3) is 2.99. The van der Waals surface area contributed by atoms with Crippen molar-refractivity contribution >= 4 is 17.6 Å². The molecule has 5 heteroatoms. The van der Waals surface area contributed by atoms with Crippen molar-refractivity contribution in [2.24, 2.45) is 0 Å². The molecule has 0 unspecified atom stereocenters. The van der Waals surface area contributed by atoms with E-state index >= 15 is 0 Å². The van der Waals surface area contributed by atoms with Crippen LogP contribution in [0.5, 0.6) is 0 Å². The van der Waals surface area contributed by atoms with E-state index in [1.807, 2.05) is 0 Å². The molecule has 1 aromatic rings. The number of benzene rings is 1. The summed E-state index contributed by atoms with van der Waals surface area (Å²) in [7, 11) is 0. The molecule has 1 aliphatic heterocycles. The van der Waals surface area contributed by atoms with E-state index in [-0.39, 0.29) is 18.3 Å². The summed E-state index contributed by atoms with van der Waals surface area (Å²) < 4.78 is 13.2. The largest absolute Gasteiger partial charge is 0.478 e. The molecule has 19 heavy (non-hydrogen) atoms. The van der Waals surface area contributed by atoms with Gasteiger partial charge in [0.05, 0.1) is 0 Å². The lowest BCUT2D eigenvalue weighted by molar-refractivity contribution is -0.131. The Bertz CT molecular complexity index is 566. The molecule has 0 aromatic heterocycles. The number of nitrogens with zero attached hydrogens (tertiary/aromatic N) is 1. The number of halogens is 1. The summed E-state index contributed by atoms with van der Waals surface area (Å²) in [6.45, 7) is 1.86. The molecule has 1 aliphatic rings. The van der Waals surface area contributed by atoms with Crippen molar-refractivity contribution in [1.29, 1.82) is 0 Å². The Kier molecular flexibility index (Phi) is 3.64. The third-order valence-corrected chi connectivity index (χ3v) is 3.02. The van der Waals surface area contributed by atoms with Gasteiger partial charge >= 0.3 is 5.97 Å². The van der Waals surface area contributed by atoms with Crippen LogP contribution >= 0.6 is 0 Å². The number of carbonyl (C=O) groups is 2. The summed E-state index contributed by atoms with van der Waals surface area (Å²) in [6, 6.07) is 4.29. The highest BCUT2D eigenvalue weighted by Crippen LogP contribution is 2.29. The van der Waals surface area contributed by atoms with E-state index in [4.69, 9.17) is 5.11 Å². The summed E-state index contributed by atoms with van der Waals surface area (Å²) in [5, 5.41) is 8.68. The first-order chi connectivity index (χ1) is 8.97. The number of aryl methyl sites for hydroxylation is 1. The molecule has 2 rings (SSSR count). The van der Waals surface area contributed by atoms with Gasteiger partial charge in [0.2, 0.25) is 5.91 Å². The first-order valence-corrected chi connectivity index (χ1v) is 5.96. The van der Waals surface area contributed by atoms with Crippen LogP contribution in [0.15, 0.2) is 29.8 Å². The average Bonchev–Trinajstić information content (AvgIpc) is 2.32. The summed E-state index contributed by atoms with van der Waals surface area (Å²) in [6.07, 6.45) is 1.91. The first kappa shape index (κ1) is 13.3. The van der Waals surface area contributed by atoms with Crippen molar-refractivity contribution in [3.8, 4) is 0 Å². The van der Waals surface area contributed by atoms with Gasteiger partial charge in [0.1, 0.15) is 5.82 Å². The van der Waals surface area contributed by atoms with Crippen LogP contribution in [0, 0.1) is 5.82 Å². The SMILES string of the molecule is CC(=CC(=O)O)CN1C(=O)CCc2cc(F)ccc21. The Labute approximate surface area is 110 Å². The second-order valence-electron chi connectivity index (χ2n) is 4.58. The number of carboxylic acid groups (broad SMARTS) is 1. The van der Waals surface area contributed by atoms with Crippen molar-refractivity contribution in [2.45, 2.75) is 19.8 Å². The second kappa shape index (κ2) is 5.22. The molecule has 4 nitrogen and oxygen atoms in total. The maximum absolute atomic E-state index is 13.2. The van der Waals surface area contributed by atoms with Crippen LogP contribution in [-0.4, -0.2) is 23.5 Å². The predicted molar refractivity (Wildman–Crippen MR) is 68.5 cm³/mol. The van der Waals surface area contributed by atoms with E-state index in [2.05, 4.69) is 0 Å². The van der Waals surface area contributed by atoms with Crippen molar-refractivity contribution in [3.05, 3.63) is 41.2 Å². The maximum Gasteiger partial charge on any atom is 0.328 e. The van der Waals surface area contributed by atoms with Crippen molar-refractivity contribution in [2.75, 3.05) is 11.4 Å². The molecule has 100 valence electrons. The highest BCUT2D eigenvalue weighted by Gasteiger charge is 2.24. The van der Waals surface area contributed by atoms with E-state index in [1.54, 1.807) is 13.0 Å². The minimum absolute atomic E-state index is 0.0720. The summed E-state index contributed by atoms with van der Waals surface area (Å²) >= 11 is 0. The second-order valence-corrected chi connectivity index (χ2v) is 4.58. The lowest BCUT2D eigenvalue weighted by Gasteiger charge is -2.29. The van der Waals surface area contributed by atoms with Gasteiger partial charge in [-0.25, -0.2) is 9.18 Å². The number of carboxylic acids is 1. The molecular weight excluding hydrogens is 249 g/mol. The van der Waals surface area contributed by atoms with Crippen LogP contribution in [0.3, 0.4) is 0 Å². The van der Waals surface area contributed by atoms with Gasteiger partial charge in [-0.15, -0.1) is 0 Å². The smallest absolute Gasteiger partial charge is 0.328 e. The van der Waals surface area contributed by atoms with Crippen LogP contribution in [-0.2, 0) is 16.0 Å². The first-order valence-electron chi connectivity index (χ1n) is 5.96. The zero-order valence-electron chi connectivity index (χ0n) is 10.5. The number of hydrogen-bond donors (Lipinski definition) is 1. The normalized spacial score (nSPS) is 15.4. The van der Waals surface area contributed by atoms with E-state index in [0.717, 1.165) is 11.6 Å². The molecular formula is C14H14FNO3. The standard InChI is InChI=1S/C14H14FNO3/c1-9(6-14(18)19)8-16-12-4-3-11(15)7-10(12)2-5-13(16)17/h3-4,6-7H,2,5,8H2,1H3,(H,18,19). The number of rotatable bonds is 3. The van der Waals surface area contributed by atoms with Crippen LogP contribution < -0.4 is 4.90 Å². The average molecular weight is 263 g/mol.